The highest BCUT2D eigenvalue weighted by atomic mass is 16.5. The Morgan fingerprint density at radius 2 is 1.81 bits per heavy atom. The number of esters is 1. The van der Waals surface area contributed by atoms with Gasteiger partial charge in [0, 0.05) is 23.9 Å². The third kappa shape index (κ3) is 4.49. The van der Waals surface area contributed by atoms with E-state index in [4.69, 9.17) is 14.2 Å². The Labute approximate surface area is 159 Å². The SMILES string of the molecule is COC(=O)c1c(C)[nH]c(C(=O)CN(C)Cc2ccc(OC)cc2OC)c1C. The fourth-order valence-electron chi connectivity index (χ4n) is 3.09. The maximum absolute atomic E-state index is 12.7. The van der Waals surface area contributed by atoms with Gasteiger partial charge in [-0.2, -0.15) is 0 Å². The molecular formula is C20H26N2O5. The number of aryl methyl sites for hydroxylation is 1. The molecule has 0 aliphatic carbocycles. The number of nitrogens with one attached hydrogen (secondary N) is 1. The molecule has 146 valence electrons. The zero-order valence-corrected chi connectivity index (χ0v) is 16.6. The van der Waals surface area contributed by atoms with Gasteiger partial charge < -0.3 is 19.2 Å². The van der Waals surface area contributed by atoms with Crippen LogP contribution in [0.15, 0.2) is 18.2 Å². The molecule has 1 aromatic heterocycles. The van der Waals surface area contributed by atoms with Crippen molar-refractivity contribution in [3.05, 3.63) is 46.3 Å². The van der Waals surface area contributed by atoms with E-state index < -0.39 is 5.97 Å². The molecule has 0 aliphatic heterocycles. The Bertz CT molecular complexity index is 841. The van der Waals surface area contributed by atoms with Crippen molar-refractivity contribution in [3.8, 4) is 11.5 Å². The first kappa shape index (κ1) is 20.5. The summed E-state index contributed by atoms with van der Waals surface area (Å²) in [6.07, 6.45) is 0. The zero-order valence-electron chi connectivity index (χ0n) is 16.6. The predicted molar refractivity (Wildman–Crippen MR) is 102 cm³/mol. The summed E-state index contributed by atoms with van der Waals surface area (Å²) in [5.41, 5.74) is 3.03. The minimum atomic E-state index is -0.448. The number of likely N-dealkylation sites (N-methyl/N-ethyl adjacent to an activating group) is 1. The van der Waals surface area contributed by atoms with Crippen LogP contribution in [0.1, 0.15) is 37.7 Å². The van der Waals surface area contributed by atoms with E-state index in [-0.39, 0.29) is 12.3 Å². The van der Waals surface area contributed by atoms with Crippen molar-refractivity contribution in [2.24, 2.45) is 0 Å². The molecule has 2 aromatic rings. The fourth-order valence-corrected chi connectivity index (χ4v) is 3.09. The van der Waals surface area contributed by atoms with Crippen LogP contribution in [0.4, 0.5) is 0 Å². The number of ketones is 1. The van der Waals surface area contributed by atoms with Gasteiger partial charge in [0.05, 0.1) is 39.1 Å². The highest BCUT2D eigenvalue weighted by molar-refractivity contribution is 6.02. The van der Waals surface area contributed by atoms with E-state index >= 15 is 0 Å². The van der Waals surface area contributed by atoms with Gasteiger partial charge in [0.15, 0.2) is 5.78 Å². The van der Waals surface area contributed by atoms with Crippen LogP contribution in [0.3, 0.4) is 0 Å². The number of rotatable bonds is 8. The van der Waals surface area contributed by atoms with Crippen molar-refractivity contribution in [3.63, 3.8) is 0 Å². The Morgan fingerprint density at radius 1 is 1.11 bits per heavy atom. The van der Waals surface area contributed by atoms with Gasteiger partial charge in [-0.3, -0.25) is 9.69 Å². The van der Waals surface area contributed by atoms with Crippen LogP contribution >= 0.6 is 0 Å². The zero-order chi connectivity index (χ0) is 20.1. The van der Waals surface area contributed by atoms with Crippen LogP contribution in [-0.4, -0.2) is 56.6 Å². The molecule has 0 amide bonds. The first-order valence-electron chi connectivity index (χ1n) is 8.52. The van der Waals surface area contributed by atoms with Crippen LogP contribution in [0.5, 0.6) is 11.5 Å². The molecule has 27 heavy (non-hydrogen) atoms. The second-order valence-corrected chi connectivity index (χ2v) is 6.39. The molecule has 0 radical (unpaired) electrons. The van der Waals surface area contributed by atoms with E-state index in [0.717, 1.165) is 5.56 Å². The minimum Gasteiger partial charge on any atom is -0.497 e. The summed E-state index contributed by atoms with van der Waals surface area (Å²) in [5, 5.41) is 0. The van der Waals surface area contributed by atoms with Gasteiger partial charge in [0.25, 0.3) is 0 Å². The van der Waals surface area contributed by atoms with E-state index in [1.54, 1.807) is 28.1 Å². The quantitative estimate of drug-likeness (QED) is 0.565. The van der Waals surface area contributed by atoms with Gasteiger partial charge >= 0.3 is 5.97 Å². The highest BCUT2D eigenvalue weighted by Gasteiger charge is 2.23. The molecule has 0 bridgehead atoms. The molecule has 0 aliphatic rings. The van der Waals surface area contributed by atoms with Gasteiger partial charge in [-0.1, -0.05) is 6.07 Å². The molecule has 7 nitrogen and oxygen atoms in total. The molecule has 0 unspecified atom stereocenters. The maximum atomic E-state index is 12.7. The monoisotopic (exact) mass is 374 g/mol. The highest BCUT2D eigenvalue weighted by Crippen LogP contribution is 2.26. The Morgan fingerprint density at radius 3 is 2.41 bits per heavy atom. The lowest BCUT2D eigenvalue weighted by Crippen LogP contribution is -2.26. The predicted octanol–water partition coefficient (Wildman–Crippen LogP) is 2.75. The average molecular weight is 374 g/mol. The number of aromatic amines is 1. The van der Waals surface area contributed by atoms with Crippen LogP contribution in [-0.2, 0) is 11.3 Å². The first-order valence-corrected chi connectivity index (χ1v) is 8.52. The van der Waals surface area contributed by atoms with Crippen molar-refractivity contribution in [2.45, 2.75) is 20.4 Å². The lowest BCUT2D eigenvalue weighted by molar-refractivity contribution is 0.0599. The Hall–Kier alpha value is -2.80. The molecule has 0 atom stereocenters. The number of hydrogen-bond acceptors (Lipinski definition) is 6. The summed E-state index contributed by atoms with van der Waals surface area (Å²) in [7, 11) is 6.38. The van der Waals surface area contributed by atoms with Gasteiger partial charge in [-0.05, 0) is 32.5 Å². The fraction of sp³-hybridized carbons (Fsp3) is 0.400. The third-order valence-corrected chi connectivity index (χ3v) is 4.45. The van der Waals surface area contributed by atoms with Gasteiger partial charge in [0.2, 0.25) is 0 Å². The van der Waals surface area contributed by atoms with Gasteiger partial charge in [0.1, 0.15) is 11.5 Å². The number of nitrogens with zero attached hydrogens (tertiary/aromatic N) is 1. The van der Waals surface area contributed by atoms with E-state index in [1.165, 1.54) is 7.11 Å². The van der Waals surface area contributed by atoms with E-state index in [9.17, 15) is 9.59 Å². The lowest BCUT2D eigenvalue weighted by atomic mass is 10.1. The molecule has 0 saturated heterocycles. The summed E-state index contributed by atoms with van der Waals surface area (Å²) < 4.78 is 15.4. The molecule has 1 aromatic carbocycles. The number of H-pyrrole nitrogens is 1. The molecule has 7 heteroatoms. The van der Waals surface area contributed by atoms with Crippen molar-refractivity contribution in [2.75, 3.05) is 34.9 Å². The minimum absolute atomic E-state index is 0.0965. The molecular weight excluding hydrogens is 348 g/mol. The lowest BCUT2D eigenvalue weighted by Gasteiger charge is -2.18. The van der Waals surface area contributed by atoms with Crippen molar-refractivity contribution >= 4 is 11.8 Å². The van der Waals surface area contributed by atoms with Crippen LogP contribution in [0.25, 0.3) is 0 Å². The number of hydrogen-bond donors (Lipinski definition) is 1. The largest absolute Gasteiger partial charge is 0.497 e. The summed E-state index contributed by atoms with van der Waals surface area (Å²) >= 11 is 0. The smallest absolute Gasteiger partial charge is 0.339 e. The van der Waals surface area contributed by atoms with Crippen molar-refractivity contribution in [1.82, 2.24) is 9.88 Å². The number of carbonyl (C=O) groups excluding carboxylic acids is 2. The number of carbonyl (C=O) groups is 2. The summed E-state index contributed by atoms with van der Waals surface area (Å²) in [6.45, 7) is 4.22. The van der Waals surface area contributed by atoms with Crippen molar-refractivity contribution < 1.29 is 23.8 Å². The third-order valence-electron chi connectivity index (χ3n) is 4.45. The Kier molecular flexibility index (Phi) is 6.63. The summed E-state index contributed by atoms with van der Waals surface area (Å²) in [6, 6.07) is 5.58. The molecule has 1 N–H and O–H groups in total. The van der Waals surface area contributed by atoms with E-state index in [1.807, 2.05) is 30.1 Å². The summed E-state index contributed by atoms with van der Waals surface area (Å²) in [4.78, 5) is 29.5. The second kappa shape index (κ2) is 8.73. The average Bonchev–Trinajstić information content (AvgIpc) is 2.95. The Balaban J connectivity index is 2.14. The maximum Gasteiger partial charge on any atom is 0.339 e. The van der Waals surface area contributed by atoms with Gasteiger partial charge in [-0.15, -0.1) is 0 Å². The van der Waals surface area contributed by atoms with E-state index in [2.05, 4.69) is 4.98 Å². The molecule has 0 spiro atoms. The molecule has 2 rings (SSSR count). The number of methoxy groups -OCH3 is 3. The standard InChI is InChI=1S/C20H26N2O5/c1-12-18(20(24)27-6)13(2)21-19(12)16(23)11-22(3)10-14-7-8-15(25-4)9-17(14)26-5/h7-9,21H,10-11H2,1-6H3. The second-order valence-electron chi connectivity index (χ2n) is 6.39. The summed E-state index contributed by atoms with van der Waals surface area (Å²) in [5.74, 6) is 0.869. The van der Waals surface area contributed by atoms with E-state index in [0.29, 0.717) is 40.6 Å². The molecule has 0 saturated carbocycles. The normalized spacial score (nSPS) is 10.8. The number of ether oxygens (including phenoxy) is 3. The van der Waals surface area contributed by atoms with Crippen molar-refractivity contribution in [1.29, 1.82) is 0 Å². The van der Waals surface area contributed by atoms with Gasteiger partial charge in [-0.25, -0.2) is 4.79 Å². The molecule has 1 heterocycles. The number of Topliss-reactive ketones (excluding diaryl/α,β-unsaturated/α-hetero) is 1. The number of aromatic nitrogens is 1. The number of benzene rings is 1. The van der Waals surface area contributed by atoms with Crippen LogP contribution in [0.2, 0.25) is 0 Å². The topological polar surface area (TPSA) is 80.9 Å². The van der Waals surface area contributed by atoms with Crippen LogP contribution in [0, 0.1) is 13.8 Å². The van der Waals surface area contributed by atoms with Crippen LogP contribution < -0.4 is 9.47 Å². The molecule has 0 fully saturated rings. The first-order chi connectivity index (χ1) is 12.8.